The van der Waals surface area contributed by atoms with Crippen molar-refractivity contribution < 1.29 is 13.9 Å². The van der Waals surface area contributed by atoms with E-state index in [1.165, 1.54) is 0 Å². The average Bonchev–Trinajstić information content (AvgIpc) is 3.07. The Morgan fingerprint density at radius 3 is 2.64 bits per heavy atom. The van der Waals surface area contributed by atoms with Gasteiger partial charge in [-0.15, -0.1) is 0 Å². The summed E-state index contributed by atoms with van der Waals surface area (Å²) in [5.74, 6) is 0.120. The summed E-state index contributed by atoms with van der Waals surface area (Å²) in [7, 11) is 0. The van der Waals surface area contributed by atoms with Gasteiger partial charge in [-0.05, 0) is 58.6 Å². The van der Waals surface area contributed by atoms with Gasteiger partial charge in [-0.1, -0.05) is 0 Å². The second kappa shape index (κ2) is 7.81. The number of nitrogens with zero attached hydrogens (tertiary/aromatic N) is 3. The van der Waals surface area contributed by atoms with Gasteiger partial charge in [0.1, 0.15) is 11.4 Å². The lowest BCUT2D eigenvalue weighted by molar-refractivity contribution is 0.0177. The molecule has 2 heterocycles. The maximum atomic E-state index is 14.5. The summed E-state index contributed by atoms with van der Waals surface area (Å²) in [5.41, 5.74) is 7.45. The summed E-state index contributed by atoms with van der Waals surface area (Å²) in [5, 5.41) is 4.40. The molecule has 0 unspecified atom stereocenters. The van der Waals surface area contributed by atoms with Crippen LogP contribution < -0.4 is 5.73 Å². The molecule has 0 atom stereocenters. The molecule has 1 fully saturated rings. The number of halogens is 1. The average molecular weight is 388 g/mol. The Morgan fingerprint density at radius 1 is 1.32 bits per heavy atom. The fourth-order valence-corrected chi connectivity index (χ4v) is 3.41. The highest BCUT2D eigenvalue weighted by molar-refractivity contribution is 5.68. The van der Waals surface area contributed by atoms with Gasteiger partial charge in [0.05, 0.1) is 6.20 Å². The Kier molecular flexibility index (Phi) is 5.63. The van der Waals surface area contributed by atoms with Crippen LogP contribution >= 0.6 is 0 Å². The van der Waals surface area contributed by atoms with Gasteiger partial charge in [0, 0.05) is 48.2 Å². The van der Waals surface area contributed by atoms with Crippen LogP contribution in [0.15, 0.2) is 24.5 Å². The lowest BCUT2D eigenvalue weighted by atomic mass is 9.97. The zero-order chi connectivity index (χ0) is 20.5. The molecule has 6 nitrogen and oxygen atoms in total. The summed E-state index contributed by atoms with van der Waals surface area (Å²) in [6, 6.07) is 3.41. The first kappa shape index (κ1) is 20.2. The number of benzene rings is 1. The number of aromatic nitrogens is 2. The van der Waals surface area contributed by atoms with Gasteiger partial charge in [0.2, 0.25) is 0 Å². The SMILES string of the molecule is Cc1c(N)ccc(-c2cnn(CC3CCN(C(=O)OC(C)(C)C)CC3)c2)c1F. The fraction of sp³-hybridized carbons (Fsp3) is 0.524. The van der Waals surface area contributed by atoms with E-state index in [0.717, 1.165) is 24.9 Å². The zero-order valence-corrected chi connectivity index (χ0v) is 17.0. The van der Waals surface area contributed by atoms with E-state index >= 15 is 0 Å². The molecule has 1 aliphatic rings. The van der Waals surface area contributed by atoms with Crippen molar-refractivity contribution in [3.63, 3.8) is 0 Å². The minimum absolute atomic E-state index is 0.249. The first-order chi connectivity index (χ1) is 13.1. The van der Waals surface area contributed by atoms with Crippen LogP contribution in [0.5, 0.6) is 0 Å². The quantitative estimate of drug-likeness (QED) is 0.799. The van der Waals surface area contributed by atoms with Gasteiger partial charge >= 0.3 is 6.09 Å². The highest BCUT2D eigenvalue weighted by Crippen LogP contribution is 2.28. The third-order valence-corrected chi connectivity index (χ3v) is 5.08. The molecule has 0 bridgehead atoms. The smallest absolute Gasteiger partial charge is 0.410 e. The number of anilines is 1. The molecule has 2 aromatic rings. The van der Waals surface area contributed by atoms with Crippen LogP contribution in [0.3, 0.4) is 0 Å². The molecule has 0 spiro atoms. The molecule has 1 aliphatic heterocycles. The maximum absolute atomic E-state index is 14.5. The maximum Gasteiger partial charge on any atom is 0.410 e. The van der Waals surface area contributed by atoms with Gasteiger partial charge in [-0.25, -0.2) is 9.18 Å². The Hall–Kier alpha value is -2.57. The van der Waals surface area contributed by atoms with Gasteiger partial charge in [0.25, 0.3) is 0 Å². The van der Waals surface area contributed by atoms with Crippen LogP contribution in [0, 0.1) is 18.7 Å². The number of nitrogen functional groups attached to an aromatic ring is 1. The second-order valence-electron chi connectivity index (χ2n) is 8.50. The van der Waals surface area contributed by atoms with Gasteiger partial charge < -0.3 is 15.4 Å². The third-order valence-electron chi connectivity index (χ3n) is 5.08. The van der Waals surface area contributed by atoms with E-state index in [0.29, 0.717) is 35.8 Å². The number of ether oxygens (including phenoxy) is 1. The number of hydrogen-bond acceptors (Lipinski definition) is 4. The van der Waals surface area contributed by atoms with Crippen molar-refractivity contribution in [2.24, 2.45) is 5.92 Å². The molecule has 0 radical (unpaired) electrons. The van der Waals surface area contributed by atoms with Gasteiger partial charge in [0.15, 0.2) is 0 Å². The molecule has 152 valence electrons. The topological polar surface area (TPSA) is 73.4 Å². The largest absolute Gasteiger partial charge is 0.444 e. The van der Waals surface area contributed by atoms with E-state index in [4.69, 9.17) is 10.5 Å². The number of amides is 1. The molecular formula is C21H29FN4O2. The Bertz CT molecular complexity index is 849. The van der Waals surface area contributed by atoms with Crippen molar-refractivity contribution in [2.75, 3.05) is 18.8 Å². The van der Waals surface area contributed by atoms with E-state index in [2.05, 4.69) is 5.10 Å². The molecular weight excluding hydrogens is 359 g/mol. The predicted molar refractivity (Wildman–Crippen MR) is 107 cm³/mol. The van der Waals surface area contributed by atoms with Crippen molar-refractivity contribution in [3.8, 4) is 11.1 Å². The highest BCUT2D eigenvalue weighted by Gasteiger charge is 2.27. The van der Waals surface area contributed by atoms with Crippen LogP contribution in [-0.4, -0.2) is 39.5 Å². The first-order valence-electron chi connectivity index (χ1n) is 9.69. The molecule has 1 saturated heterocycles. The van der Waals surface area contributed by atoms with Crippen LogP contribution in [-0.2, 0) is 11.3 Å². The predicted octanol–water partition coefficient (Wildman–Crippen LogP) is 4.23. The van der Waals surface area contributed by atoms with Crippen molar-refractivity contribution in [3.05, 3.63) is 35.9 Å². The molecule has 1 amide bonds. The monoisotopic (exact) mass is 388 g/mol. The molecule has 3 rings (SSSR count). The fourth-order valence-electron chi connectivity index (χ4n) is 3.41. The standard InChI is InChI=1S/C21H29FN4O2/c1-14-18(23)6-5-17(19(14)22)16-11-24-26(13-16)12-15-7-9-25(10-8-15)20(27)28-21(2,3)4/h5-6,11,13,15H,7-10,12,23H2,1-4H3. The summed E-state index contributed by atoms with van der Waals surface area (Å²) >= 11 is 0. The van der Waals surface area contributed by atoms with E-state index in [-0.39, 0.29) is 11.9 Å². The number of carbonyl (C=O) groups excluding carboxylic acids is 1. The van der Waals surface area contributed by atoms with Crippen LogP contribution in [0.4, 0.5) is 14.9 Å². The molecule has 1 aromatic heterocycles. The number of hydrogen-bond donors (Lipinski definition) is 1. The molecule has 28 heavy (non-hydrogen) atoms. The summed E-state index contributed by atoms with van der Waals surface area (Å²) in [6.45, 7) is 9.41. The van der Waals surface area contributed by atoms with Crippen molar-refractivity contribution in [1.82, 2.24) is 14.7 Å². The number of piperidine rings is 1. The zero-order valence-electron chi connectivity index (χ0n) is 17.0. The van der Waals surface area contributed by atoms with E-state index in [9.17, 15) is 9.18 Å². The second-order valence-corrected chi connectivity index (χ2v) is 8.50. The lowest BCUT2D eigenvalue weighted by Crippen LogP contribution is -2.42. The van der Waals surface area contributed by atoms with Crippen molar-refractivity contribution in [2.45, 2.75) is 52.7 Å². The van der Waals surface area contributed by atoms with Crippen LogP contribution in [0.1, 0.15) is 39.2 Å². The Labute approximate surface area is 165 Å². The normalized spacial score (nSPS) is 15.7. The highest BCUT2D eigenvalue weighted by atomic mass is 19.1. The molecule has 0 saturated carbocycles. The first-order valence-corrected chi connectivity index (χ1v) is 9.69. The number of rotatable bonds is 3. The van der Waals surface area contributed by atoms with Gasteiger partial charge in [-0.2, -0.15) is 5.10 Å². The molecule has 0 aliphatic carbocycles. The minimum Gasteiger partial charge on any atom is -0.444 e. The lowest BCUT2D eigenvalue weighted by Gasteiger charge is -2.33. The summed E-state index contributed by atoms with van der Waals surface area (Å²) in [4.78, 5) is 13.9. The van der Waals surface area contributed by atoms with Crippen LogP contribution in [0.2, 0.25) is 0 Å². The van der Waals surface area contributed by atoms with Crippen molar-refractivity contribution in [1.29, 1.82) is 0 Å². The number of nitrogens with two attached hydrogens (primary N) is 1. The Morgan fingerprint density at radius 2 is 2.00 bits per heavy atom. The molecule has 7 heteroatoms. The van der Waals surface area contributed by atoms with E-state index in [1.807, 2.05) is 31.6 Å². The van der Waals surface area contributed by atoms with E-state index < -0.39 is 5.60 Å². The van der Waals surface area contributed by atoms with E-state index in [1.54, 1.807) is 30.2 Å². The summed E-state index contributed by atoms with van der Waals surface area (Å²) in [6.07, 6.45) is 5.09. The Balaban J connectivity index is 1.58. The molecule has 1 aromatic carbocycles. The third kappa shape index (κ3) is 4.64. The number of carbonyl (C=O) groups is 1. The summed E-state index contributed by atoms with van der Waals surface area (Å²) < 4.78 is 21.8. The van der Waals surface area contributed by atoms with Gasteiger partial charge in [-0.3, -0.25) is 4.68 Å². The number of likely N-dealkylation sites (tertiary alicyclic amines) is 1. The molecule has 2 N–H and O–H groups in total. The van der Waals surface area contributed by atoms with Crippen molar-refractivity contribution >= 4 is 11.8 Å². The van der Waals surface area contributed by atoms with Crippen LogP contribution in [0.25, 0.3) is 11.1 Å². The minimum atomic E-state index is -0.477.